The second kappa shape index (κ2) is 7.25. The average molecular weight is 359 g/mol. The van der Waals surface area contributed by atoms with Gasteiger partial charge in [-0.3, -0.25) is 10.1 Å². The van der Waals surface area contributed by atoms with Crippen LogP contribution in [0.4, 0.5) is 15.5 Å². The molecular formula is C18H21N3O3S. The number of anilines is 2. The smallest absolute Gasteiger partial charge is 0.324 e. The van der Waals surface area contributed by atoms with Crippen molar-refractivity contribution in [2.75, 3.05) is 17.2 Å². The number of hydrogen-bond donors (Lipinski definition) is 3. The zero-order chi connectivity index (χ0) is 18.0. The van der Waals surface area contributed by atoms with Crippen molar-refractivity contribution in [2.45, 2.75) is 32.8 Å². The molecule has 1 aliphatic rings. The van der Waals surface area contributed by atoms with Crippen LogP contribution in [0.25, 0.3) is 0 Å². The Hall–Kier alpha value is -2.38. The third-order valence-corrected chi connectivity index (χ3v) is 5.25. The third kappa shape index (κ3) is 3.83. The van der Waals surface area contributed by atoms with Gasteiger partial charge in [0.05, 0.1) is 18.8 Å². The molecule has 0 saturated carbocycles. The highest BCUT2D eigenvalue weighted by atomic mass is 32.1. The molecule has 0 atom stereocenters. The second-order valence-corrected chi connectivity index (χ2v) is 7.34. The van der Waals surface area contributed by atoms with E-state index in [1.54, 1.807) is 0 Å². The molecule has 1 aromatic carbocycles. The monoisotopic (exact) mass is 359 g/mol. The van der Waals surface area contributed by atoms with E-state index in [0.29, 0.717) is 41.8 Å². The highest BCUT2D eigenvalue weighted by Gasteiger charge is 2.25. The van der Waals surface area contributed by atoms with Gasteiger partial charge in [-0.2, -0.15) is 0 Å². The molecule has 1 aliphatic heterocycles. The summed E-state index contributed by atoms with van der Waals surface area (Å²) in [6.45, 7) is 5.23. The summed E-state index contributed by atoms with van der Waals surface area (Å²) < 4.78 is 5.41. The lowest BCUT2D eigenvalue weighted by atomic mass is 10.0. The number of rotatable bonds is 4. The minimum Gasteiger partial charge on any atom is -0.376 e. The lowest BCUT2D eigenvalue weighted by Crippen LogP contribution is -2.22. The number of primary amides is 1. The van der Waals surface area contributed by atoms with Gasteiger partial charge in [0, 0.05) is 10.6 Å². The molecule has 3 rings (SSSR count). The molecule has 0 spiro atoms. The average Bonchev–Trinajstić information content (AvgIpc) is 2.92. The fourth-order valence-electron chi connectivity index (χ4n) is 2.80. The number of thiophene rings is 1. The Morgan fingerprint density at radius 3 is 2.56 bits per heavy atom. The topological polar surface area (TPSA) is 93.5 Å². The highest BCUT2D eigenvalue weighted by molar-refractivity contribution is 7.17. The van der Waals surface area contributed by atoms with Crippen LogP contribution in [0.2, 0.25) is 0 Å². The minimum atomic E-state index is -0.531. The van der Waals surface area contributed by atoms with E-state index in [0.717, 1.165) is 10.4 Å². The van der Waals surface area contributed by atoms with Crippen molar-refractivity contribution in [1.82, 2.24) is 0 Å². The second-order valence-electron chi connectivity index (χ2n) is 6.23. The van der Waals surface area contributed by atoms with Gasteiger partial charge in [-0.1, -0.05) is 26.0 Å². The Morgan fingerprint density at radius 2 is 1.92 bits per heavy atom. The lowest BCUT2D eigenvalue weighted by Gasteiger charge is -2.12. The summed E-state index contributed by atoms with van der Waals surface area (Å²) in [4.78, 5) is 25.0. The fraction of sp³-hybridized carbons (Fsp3) is 0.333. The third-order valence-electron chi connectivity index (χ3n) is 4.13. The number of carbonyl (C=O) groups is 2. The number of fused-ring (bicyclic) bond motifs is 1. The van der Waals surface area contributed by atoms with Gasteiger partial charge in [0.15, 0.2) is 0 Å². The SMILES string of the molecule is CC(C)c1ccc(NC(=O)Nc2sc3c(c2C(N)=O)CCOC3)cc1. The molecule has 3 amide bonds. The maximum Gasteiger partial charge on any atom is 0.324 e. The molecule has 0 bridgehead atoms. The number of ether oxygens (including phenoxy) is 1. The Bertz CT molecular complexity index is 797. The summed E-state index contributed by atoms with van der Waals surface area (Å²) in [5.74, 6) is -0.100. The van der Waals surface area contributed by atoms with Crippen molar-refractivity contribution in [3.63, 3.8) is 0 Å². The predicted octanol–water partition coefficient (Wildman–Crippen LogP) is 3.69. The maximum atomic E-state index is 12.3. The first-order chi connectivity index (χ1) is 12.0. The zero-order valence-corrected chi connectivity index (χ0v) is 15.0. The predicted molar refractivity (Wildman–Crippen MR) is 99.4 cm³/mol. The summed E-state index contributed by atoms with van der Waals surface area (Å²) in [5, 5.41) is 5.99. The van der Waals surface area contributed by atoms with Crippen LogP contribution >= 0.6 is 11.3 Å². The summed E-state index contributed by atoms with van der Waals surface area (Å²) in [6.07, 6.45) is 0.629. The number of carbonyl (C=O) groups excluding carboxylic acids is 2. The van der Waals surface area contributed by atoms with Gasteiger partial charge in [0.25, 0.3) is 5.91 Å². The Morgan fingerprint density at radius 1 is 1.20 bits per heavy atom. The van der Waals surface area contributed by atoms with E-state index in [-0.39, 0.29) is 0 Å². The Labute approximate surface area is 150 Å². The number of amides is 3. The van der Waals surface area contributed by atoms with Crippen molar-refractivity contribution < 1.29 is 14.3 Å². The first-order valence-corrected chi connectivity index (χ1v) is 8.97. The number of hydrogen-bond acceptors (Lipinski definition) is 4. The van der Waals surface area contributed by atoms with Gasteiger partial charge in [0.2, 0.25) is 0 Å². The lowest BCUT2D eigenvalue weighted by molar-refractivity contribution is 0.0991. The van der Waals surface area contributed by atoms with Gasteiger partial charge in [0.1, 0.15) is 5.00 Å². The van der Waals surface area contributed by atoms with Gasteiger partial charge in [-0.25, -0.2) is 4.79 Å². The minimum absolute atomic E-state index is 0.397. The van der Waals surface area contributed by atoms with E-state index in [9.17, 15) is 9.59 Å². The van der Waals surface area contributed by atoms with E-state index < -0.39 is 11.9 Å². The van der Waals surface area contributed by atoms with Crippen molar-refractivity contribution >= 4 is 34.0 Å². The number of urea groups is 1. The van der Waals surface area contributed by atoms with Crippen LogP contribution in [-0.4, -0.2) is 18.5 Å². The fourth-order valence-corrected chi connectivity index (χ4v) is 3.98. The normalized spacial score (nSPS) is 13.4. The first kappa shape index (κ1) is 17.4. The Kier molecular flexibility index (Phi) is 5.06. The van der Waals surface area contributed by atoms with Crippen LogP contribution in [0.3, 0.4) is 0 Å². The molecule has 132 valence electrons. The van der Waals surface area contributed by atoms with Gasteiger partial charge in [-0.15, -0.1) is 11.3 Å². The first-order valence-electron chi connectivity index (χ1n) is 8.15. The van der Waals surface area contributed by atoms with Crippen LogP contribution in [0.5, 0.6) is 0 Å². The summed E-state index contributed by atoms with van der Waals surface area (Å²) in [7, 11) is 0. The molecule has 7 heteroatoms. The van der Waals surface area contributed by atoms with Crippen molar-refractivity contribution in [3.8, 4) is 0 Å². The molecule has 0 unspecified atom stereocenters. The molecule has 0 saturated heterocycles. The zero-order valence-electron chi connectivity index (χ0n) is 14.2. The molecule has 2 heterocycles. The molecule has 25 heavy (non-hydrogen) atoms. The van der Waals surface area contributed by atoms with Crippen LogP contribution in [0, 0.1) is 0 Å². The van der Waals surface area contributed by atoms with Crippen molar-refractivity contribution in [3.05, 3.63) is 45.8 Å². The van der Waals surface area contributed by atoms with E-state index in [4.69, 9.17) is 10.5 Å². The molecule has 0 fully saturated rings. The van der Waals surface area contributed by atoms with Crippen molar-refractivity contribution in [2.24, 2.45) is 5.73 Å². The molecule has 0 aliphatic carbocycles. The highest BCUT2D eigenvalue weighted by Crippen LogP contribution is 2.36. The van der Waals surface area contributed by atoms with Gasteiger partial charge >= 0.3 is 6.03 Å². The molecule has 0 radical (unpaired) electrons. The van der Waals surface area contributed by atoms with Crippen LogP contribution in [0.15, 0.2) is 24.3 Å². The van der Waals surface area contributed by atoms with Crippen LogP contribution < -0.4 is 16.4 Å². The summed E-state index contributed by atoms with van der Waals surface area (Å²) >= 11 is 1.34. The van der Waals surface area contributed by atoms with Crippen LogP contribution in [-0.2, 0) is 17.8 Å². The van der Waals surface area contributed by atoms with Gasteiger partial charge in [-0.05, 0) is 35.6 Å². The summed E-state index contributed by atoms with van der Waals surface area (Å²) in [5.41, 5.74) is 8.69. The number of benzene rings is 1. The van der Waals surface area contributed by atoms with E-state index in [1.807, 2.05) is 24.3 Å². The molecule has 4 N–H and O–H groups in total. The molecule has 2 aromatic rings. The summed E-state index contributed by atoms with van der Waals surface area (Å²) in [6, 6.07) is 7.28. The van der Waals surface area contributed by atoms with Crippen molar-refractivity contribution in [1.29, 1.82) is 0 Å². The quantitative estimate of drug-likeness (QED) is 0.777. The number of nitrogens with two attached hydrogens (primary N) is 1. The van der Waals surface area contributed by atoms with E-state index >= 15 is 0 Å². The molecule has 1 aromatic heterocycles. The van der Waals surface area contributed by atoms with E-state index in [1.165, 1.54) is 16.9 Å². The maximum absolute atomic E-state index is 12.3. The number of nitrogens with one attached hydrogen (secondary N) is 2. The van der Waals surface area contributed by atoms with Crippen LogP contribution in [0.1, 0.15) is 46.1 Å². The standard InChI is InChI=1S/C18H21N3O3S/c1-10(2)11-3-5-12(6-4-11)20-18(23)21-17-15(16(19)22)13-7-8-24-9-14(13)25-17/h3-6,10H,7-9H2,1-2H3,(H2,19,22)(H2,20,21,23). The molecular weight excluding hydrogens is 338 g/mol. The Balaban J connectivity index is 1.74. The molecule has 6 nitrogen and oxygen atoms in total. The van der Waals surface area contributed by atoms with Gasteiger partial charge < -0.3 is 15.8 Å². The largest absolute Gasteiger partial charge is 0.376 e. The van der Waals surface area contributed by atoms with E-state index in [2.05, 4.69) is 24.5 Å².